The normalized spacial score (nSPS) is 15.4. The van der Waals surface area contributed by atoms with Crippen LogP contribution in [0.5, 0.6) is 0 Å². The molecule has 1 aromatic carbocycles. The van der Waals surface area contributed by atoms with Crippen LogP contribution < -0.4 is 5.73 Å². The van der Waals surface area contributed by atoms with Gasteiger partial charge in [-0.3, -0.25) is 4.90 Å². The van der Waals surface area contributed by atoms with Gasteiger partial charge in [0.1, 0.15) is 15.9 Å². The zero-order valence-electron chi connectivity index (χ0n) is 16.2. The summed E-state index contributed by atoms with van der Waals surface area (Å²) in [5.74, 6) is 0.0567. The average Bonchev–Trinajstić information content (AvgIpc) is 3.29. The van der Waals surface area contributed by atoms with E-state index in [9.17, 15) is 10.1 Å². The van der Waals surface area contributed by atoms with Gasteiger partial charge in [-0.25, -0.2) is 9.78 Å². The second-order valence-electron chi connectivity index (χ2n) is 7.05. The van der Waals surface area contributed by atoms with Crippen molar-refractivity contribution in [2.24, 2.45) is 0 Å². The molecule has 8 heteroatoms. The number of hydrogen-bond acceptors (Lipinski definition) is 8. The van der Waals surface area contributed by atoms with Crippen LogP contribution >= 0.6 is 22.7 Å². The summed E-state index contributed by atoms with van der Waals surface area (Å²) in [6, 6.07) is 10.4. The molecule has 1 aliphatic rings. The topological polar surface area (TPSA) is 92.2 Å². The number of nitrogen functional groups attached to an aromatic ring is 1. The number of nitrogens with zero attached hydrogens (tertiary/aromatic N) is 3. The van der Waals surface area contributed by atoms with Crippen LogP contribution in [0.1, 0.15) is 51.5 Å². The van der Waals surface area contributed by atoms with Crippen LogP contribution in [-0.2, 0) is 11.3 Å². The van der Waals surface area contributed by atoms with Crippen LogP contribution in [0, 0.1) is 11.3 Å². The molecular formula is C21H22N4O2S2. The highest BCUT2D eigenvalue weighted by atomic mass is 32.1. The summed E-state index contributed by atoms with van der Waals surface area (Å²) in [5.41, 5.74) is 8.17. The number of anilines is 1. The molecule has 1 fully saturated rings. The Morgan fingerprint density at radius 2 is 2.10 bits per heavy atom. The number of fused-ring (bicyclic) bond motifs is 1. The van der Waals surface area contributed by atoms with Crippen LogP contribution in [0.15, 0.2) is 24.3 Å². The van der Waals surface area contributed by atoms with Gasteiger partial charge in [-0.2, -0.15) is 5.26 Å². The van der Waals surface area contributed by atoms with E-state index in [1.807, 2.05) is 12.1 Å². The predicted octanol–water partition coefficient (Wildman–Crippen LogP) is 4.37. The third-order valence-electron chi connectivity index (χ3n) is 5.24. The molecule has 2 aromatic heterocycles. The quantitative estimate of drug-likeness (QED) is 0.609. The van der Waals surface area contributed by atoms with Crippen molar-refractivity contribution in [2.75, 3.05) is 25.4 Å². The first-order chi connectivity index (χ1) is 14.1. The number of aromatic nitrogens is 1. The molecule has 1 saturated heterocycles. The zero-order valence-corrected chi connectivity index (χ0v) is 17.8. The average molecular weight is 427 g/mol. The molecule has 0 spiro atoms. The van der Waals surface area contributed by atoms with Gasteiger partial charge in [0.05, 0.1) is 27.4 Å². The number of carbonyl (C=O) groups is 1. The van der Waals surface area contributed by atoms with Crippen molar-refractivity contribution < 1.29 is 9.53 Å². The van der Waals surface area contributed by atoms with Crippen molar-refractivity contribution >= 4 is 43.9 Å². The molecule has 4 rings (SSSR count). The fourth-order valence-corrected chi connectivity index (χ4v) is 5.81. The summed E-state index contributed by atoms with van der Waals surface area (Å²) in [5, 5.41) is 11.1. The maximum Gasteiger partial charge on any atom is 0.348 e. The van der Waals surface area contributed by atoms with Gasteiger partial charge in [0.25, 0.3) is 0 Å². The third-order valence-corrected chi connectivity index (χ3v) is 7.48. The second kappa shape index (κ2) is 8.49. The van der Waals surface area contributed by atoms with E-state index >= 15 is 0 Å². The molecule has 0 atom stereocenters. The Morgan fingerprint density at radius 3 is 2.79 bits per heavy atom. The Labute approximate surface area is 177 Å². The van der Waals surface area contributed by atoms with Crippen molar-refractivity contribution in [3.05, 3.63) is 45.3 Å². The van der Waals surface area contributed by atoms with Crippen molar-refractivity contribution in [1.29, 1.82) is 5.26 Å². The van der Waals surface area contributed by atoms with E-state index in [1.54, 1.807) is 18.3 Å². The number of thiazole rings is 1. The molecule has 0 saturated carbocycles. The van der Waals surface area contributed by atoms with Gasteiger partial charge < -0.3 is 10.5 Å². The first-order valence-electron chi connectivity index (χ1n) is 9.66. The first kappa shape index (κ1) is 19.8. The number of rotatable bonds is 5. The minimum absolute atomic E-state index is 0.297. The van der Waals surface area contributed by atoms with Gasteiger partial charge in [0, 0.05) is 18.0 Å². The smallest absolute Gasteiger partial charge is 0.348 e. The molecule has 0 radical (unpaired) electrons. The van der Waals surface area contributed by atoms with Crippen LogP contribution in [0.4, 0.5) is 5.00 Å². The number of carbonyl (C=O) groups excluding carboxylic acids is 1. The van der Waals surface area contributed by atoms with Crippen LogP contribution in [0.3, 0.4) is 0 Å². The van der Waals surface area contributed by atoms with Crippen LogP contribution in [0.25, 0.3) is 10.2 Å². The molecule has 0 bridgehead atoms. The molecule has 6 nitrogen and oxygen atoms in total. The van der Waals surface area contributed by atoms with Crippen LogP contribution in [-0.4, -0.2) is 35.5 Å². The van der Waals surface area contributed by atoms with E-state index < -0.39 is 5.97 Å². The molecule has 0 aliphatic carbocycles. The Morgan fingerprint density at radius 1 is 1.34 bits per heavy atom. The number of ether oxygens (including phenoxy) is 1. The SMILES string of the molecule is CCOC(=O)c1sc(N)c(C#N)c1CN1CCC(c2nc3ccccc3s2)CC1. The Balaban J connectivity index is 1.47. The summed E-state index contributed by atoms with van der Waals surface area (Å²) in [7, 11) is 0. The molecule has 0 unspecified atom stereocenters. The van der Waals surface area contributed by atoms with Crippen molar-refractivity contribution in [1.82, 2.24) is 9.88 Å². The molecule has 2 N–H and O–H groups in total. The molecule has 3 aromatic rings. The summed E-state index contributed by atoms with van der Waals surface area (Å²) in [6.07, 6.45) is 2.02. The van der Waals surface area contributed by atoms with Gasteiger partial charge in [-0.15, -0.1) is 22.7 Å². The number of thiophene rings is 1. The third kappa shape index (κ3) is 3.99. The number of para-hydroxylation sites is 1. The first-order valence-corrected chi connectivity index (χ1v) is 11.3. The fourth-order valence-electron chi connectivity index (χ4n) is 3.75. The van der Waals surface area contributed by atoms with E-state index in [0.29, 0.717) is 40.1 Å². The fraction of sp³-hybridized carbons (Fsp3) is 0.381. The molecule has 3 heterocycles. The van der Waals surface area contributed by atoms with Crippen molar-refractivity contribution in [2.45, 2.75) is 32.2 Å². The van der Waals surface area contributed by atoms with E-state index in [4.69, 9.17) is 15.5 Å². The molecule has 0 amide bonds. The lowest BCUT2D eigenvalue weighted by atomic mass is 9.97. The van der Waals surface area contributed by atoms with Gasteiger partial charge in [0.2, 0.25) is 0 Å². The number of piperidine rings is 1. The number of hydrogen-bond donors (Lipinski definition) is 1. The second-order valence-corrected chi connectivity index (χ2v) is 9.17. The Hall–Kier alpha value is -2.47. The van der Waals surface area contributed by atoms with E-state index in [1.165, 1.54) is 9.71 Å². The minimum atomic E-state index is -0.398. The standard InChI is InChI=1S/C21H22N4O2S2/c1-2-27-21(26)18-15(14(11-22)19(23)29-18)12-25-9-7-13(8-10-25)20-24-16-5-3-4-6-17(16)28-20/h3-6,13H,2,7-10,12,23H2,1H3. The highest BCUT2D eigenvalue weighted by molar-refractivity contribution is 7.18. The predicted molar refractivity (Wildman–Crippen MR) is 116 cm³/mol. The lowest BCUT2D eigenvalue weighted by molar-refractivity contribution is 0.0529. The maximum absolute atomic E-state index is 12.3. The number of nitrogens with two attached hydrogens (primary N) is 1. The summed E-state index contributed by atoms with van der Waals surface area (Å²) < 4.78 is 6.39. The highest BCUT2D eigenvalue weighted by Gasteiger charge is 2.28. The molecule has 150 valence electrons. The lowest BCUT2D eigenvalue weighted by Crippen LogP contribution is -2.33. The van der Waals surface area contributed by atoms with Gasteiger partial charge in [0.15, 0.2) is 0 Å². The Kier molecular flexibility index (Phi) is 5.81. The minimum Gasteiger partial charge on any atom is -0.462 e. The van der Waals surface area contributed by atoms with E-state index in [0.717, 1.165) is 42.8 Å². The number of likely N-dealkylation sites (tertiary alicyclic amines) is 1. The molecule has 1 aliphatic heterocycles. The maximum atomic E-state index is 12.3. The number of esters is 1. The summed E-state index contributed by atoms with van der Waals surface area (Å²) >= 11 is 2.93. The monoisotopic (exact) mass is 426 g/mol. The van der Waals surface area contributed by atoms with E-state index in [-0.39, 0.29) is 0 Å². The van der Waals surface area contributed by atoms with Crippen molar-refractivity contribution in [3.8, 4) is 6.07 Å². The summed E-state index contributed by atoms with van der Waals surface area (Å²) in [6.45, 7) is 4.39. The Bertz CT molecular complexity index is 1040. The zero-order chi connectivity index (χ0) is 20.4. The van der Waals surface area contributed by atoms with Crippen LogP contribution in [0.2, 0.25) is 0 Å². The highest BCUT2D eigenvalue weighted by Crippen LogP contribution is 2.36. The van der Waals surface area contributed by atoms with Gasteiger partial charge in [-0.05, 0) is 45.0 Å². The summed E-state index contributed by atoms with van der Waals surface area (Å²) in [4.78, 5) is 19.9. The molecule has 29 heavy (non-hydrogen) atoms. The molecular weight excluding hydrogens is 404 g/mol. The van der Waals surface area contributed by atoms with Gasteiger partial charge >= 0.3 is 5.97 Å². The number of nitriles is 1. The van der Waals surface area contributed by atoms with Gasteiger partial charge in [-0.1, -0.05) is 12.1 Å². The largest absolute Gasteiger partial charge is 0.462 e. The van der Waals surface area contributed by atoms with E-state index in [2.05, 4.69) is 23.1 Å². The van der Waals surface area contributed by atoms with Crippen molar-refractivity contribution in [3.63, 3.8) is 0 Å². The lowest BCUT2D eigenvalue weighted by Gasteiger charge is -2.31. The number of benzene rings is 1.